The van der Waals surface area contributed by atoms with Crippen LogP contribution in [0.25, 0.3) is 0 Å². The molecule has 2 aromatic rings. The average molecular weight is 357 g/mol. The van der Waals surface area contributed by atoms with E-state index in [0.29, 0.717) is 25.8 Å². The zero-order valence-corrected chi connectivity index (χ0v) is 14.4. The van der Waals surface area contributed by atoms with Crippen molar-refractivity contribution in [2.24, 2.45) is 5.92 Å². The van der Waals surface area contributed by atoms with Gasteiger partial charge in [0.05, 0.1) is 6.54 Å². The van der Waals surface area contributed by atoms with Crippen molar-refractivity contribution in [1.29, 1.82) is 0 Å². The smallest absolute Gasteiger partial charge is 0.225 e. The van der Waals surface area contributed by atoms with Crippen LogP contribution in [0.1, 0.15) is 36.3 Å². The molecular formula is C21H21F2NO2. The molecule has 0 aromatic heterocycles. The highest BCUT2D eigenvalue weighted by molar-refractivity contribution is 5.80. The Hall–Kier alpha value is -2.27. The predicted molar refractivity (Wildman–Crippen MR) is 93.4 cm³/mol. The Morgan fingerprint density at radius 2 is 1.88 bits per heavy atom. The van der Waals surface area contributed by atoms with Crippen LogP contribution < -0.4 is 0 Å². The Bertz CT molecular complexity index is 834. The Kier molecular flexibility index (Phi) is 4.27. The minimum absolute atomic E-state index is 0.00455. The van der Waals surface area contributed by atoms with Gasteiger partial charge in [-0.05, 0) is 48.9 Å². The van der Waals surface area contributed by atoms with Gasteiger partial charge in [0.25, 0.3) is 0 Å². The number of halogens is 2. The molecule has 2 aromatic carbocycles. The van der Waals surface area contributed by atoms with Crippen LogP contribution in [-0.4, -0.2) is 29.0 Å². The van der Waals surface area contributed by atoms with Crippen molar-refractivity contribution in [3.8, 4) is 0 Å². The summed E-state index contributed by atoms with van der Waals surface area (Å²) in [5, 5.41) is 10.8. The van der Waals surface area contributed by atoms with Gasteiger partial charge < -0.3 is 10.0 Å². The van der Waals surface area contributed by atoms with Gasteiger partial charge in [-0.1, -0.05) is 30.3 Å². The van der Waals surface area contributed by atoms with Gasteiger partial charge in [0.2, 0.25) is 5.91 Å². The van der Waals surface area contributed by atoms with Crippen molar-refractivity contribution in [2.45, 2.75) is 30.8 Å². The first kappa shape index (κ1) is 17.2. The molecule has 1 saturated carbocycles. The molecule has 1 unspecified atom stereocenters. The lowest BCUT2D eigenvalue weighted by molar-refractivity contribution is -0.138. The fourth-order valence-electron chi connectivity index (χ4n) is 4.15. The van der Waals surface area contributed by atoms with E-state index in [-0.39, 0.29) is 35.7 Å². The molecule has 1 N–H and O–H groups in total. The van der Waals surface area contributed by atoms with Crippen LogP contribution in [0.3, 0.4) is 0 Å². The summed E-state index contributed by atoms with van der Waals surface area (Å²) >= 11 is 0. The van der Waals surface area contributed by atoms with E-state index < -0.39 is 11.4 Å². The molecule has 1 aliphatic carbocycles. The molecule has 4 rings (SSSR count). The summed E-state index contributed by atoms with van der Waals surface area (Å²) in [6, 6.07) is 12.7. The third kappa shape index (κ3) is 3.01. The molecular weight excluding hydrogens is 336 g/mol. The van der Waals surface area contributed by atoms with Crippen LogP contribution in [0.15, 0.2) is 48.5 Å². The number of hydrogen-bond acceptors (Lipinski definition) is 2. The number of β-amino-alcohol motifs (C(OH)–C–C–N with tert-alkyl or cyclic N) is 1. The third-order valence-corrected chi connectivity index (χ3v) is 5.74. The van der Waals surface area contributed by atoms with Gasteiger partial charge in [-0.15, -0.1) is 0 Å². The Labute approximate surface area is 151 Å². The molecule has 2 fully saturated rings. The van der Waals surface area contributed by atoms with Crippen molar-refractivity contribution >= 4 is 5.91 Å². The van der Waals surface area contributed by atoms with E-state index in [1.807, 2.05) is 6.07 Å². The second-order valence-corrected chi connectivity index (χ2v) is 7.44. The maximum absolute atomic E-state index is 14.0. The number of carbonyl (C=O) groups excluding carboxylic acids is 1. The molecule has 1 atom stereocenters. The second kappa shape index (κ2) is 6.47. The van der Waals surface area contributed by atoms with Gasteiger partial charge in [-0.2, -0.15) is 0 Å². The van der Waals surface area contributed by atoms with Gasteiger partial charge >= 0.3 is 0 Å². The highest BCUT2D eigenvalue weighted by Gasteiger charge is 2.45. The van der Waals surface area contributed by atoms with E-state index >= 15 is 0 Å². The van der Waals surface area contributed by atoms with E-state index in [9.17, 15) is 18.7 Å². The Morgan fingerprint density at radius 3 is 2.62 bits per heavy atom. The first-order valence-electron chi connectivity index (χ1n) is 8.98. The molecule has 0 radical (unpaired) electrons. The predicted octanol–water partition coefficient (Wildman–Crippen LogP) is 3.58. The SMILES string of the molecule is O=C(C1CC(c2cccc(F)c2)C1)N1CCC(O)(c2ccccc2F)C1. The maximum atomic E-state index is 14.0. The van der Waals surface area contributed by atoms with Gasteiger partial charge in [0, 0.05) is 18.0 Å². The second-order valence-electron chi connectivity index (χ2n) is 7.44. The first-order valence-corrected chi connectivity index (χ1v) is 8.98. The zero-order chi connectivity index (χ0) is 18.3. The average Bonchev–Trinajstić information content (AvgIpc) is 2.97. The summed E-state index contributed by atoms with van der Waals surface area (Å²) in [6.07, 6.45) is 1.72. The van der Waals surface area contributed by atoms with Crippen LogP contribution in [0.5, 0.6) is 0 Å². The van der Waals surface area contributed by atoms with Crippen molar-refractivity contribution in [1.82, 2.24) is 4.90 Å². The number of nitrogens with zero attached hydrogens (tertiary/aromatic N) is 1. The lowest BCUT2D eigenvalue weighted by Gasteiger charge is -2.37. The fourth-order valence-corrected chi connectivity index (χ4v) is 4.15. The molecule has 2 aliphatic rings. The molecule has 3 nitrogen and oxygen atoms in total. The molecule has 136 valence electrons. The van der Waals surface area contributed by atoms with Gasteiger partial charge in [-0.3, -0.25) is 4.79 Å². The summed E-state index contributed by atoms with van der Waals surface area (Å²) in [5.41, 5.74) is -0.146. The Morgan fingerprint density at radius 1 is 1.12 bits per heavy atom. The monoisotopic (exact) mass is 357 g/mol. The molecule has 0 spiro atoms. The molecule has 26 heavy (non-hydrogen) atoms. The fraction of sp³-hybridized carbons (Fsp3) is 0.381. The molecule has 1 aliphatic heterocycles. The molecule has 1 saturated heterocycles. The topological polar surface area (TPSA) is 40.5 Å². The summed E-state index contributed by atoms with van der Waals surface area (Å²) in [7, 11) is 0. The van der Waals surface area contributed by atoms with Crippen LogP contribution in [0.2, 0.25) is 0 Å². The van der Waals surface area contributed by atoms with Crippen LogP contribution in [-0.2, 0) is 10.4 Å². The minimum Gasteiger partial charge on any atom is -0.383 e. The van der Waals surface area contributed by atoms with Gasteiger partial charge in [-0.25, -0.2) is 8.78 Å². The van der Waals surface area contributed by atoms with E-state index in [2.05, 4.69) is 0 Å². The lowest BCUT2D eigenvalue weighted by atomic mass is 9.71. The van der Waals surface area contributed by atoms with Crippen LogP contribution in [0, 0.1) is 17.6 Å². The number of rotatable bonds is 3. The summed E-state index contributed by atoms with van der Waals surface area (Å²) in [5.74, 6) is -0.602. The van der Waals surface area contributed by atoms with E-state index in [1.54, 1.807) is 29.2 Å². The lowest BCUT2D eigenvalue weighted by Crippen LogP contribution is -2.42. The number of aliphatic hydroxyl groups is 1. The molecule has 1 amide bonds. The van der Waals surface area contributed by atoms with Crippen molar-refractivity contribution in [2.75, 3.05) is 13.1 Å². The summed E-state index contributed by atoms with van der Waals surface area (Å²) in [6.45, 7) is 0.540. The van der Waals surface area contributed by atoms with Crippen LogP contribution in [0.4, 0.5) is 8.78 Å². The van der Waals surface area contributed by atoms with Crippen molar-refractivity contribution in [3.05, 3.63) is 71.3 Å². The molecule has 1 heterocycles. The van der Waals surface area contributed by atoms with Crippen LogP contribution >= 0.6 is 0 Å². The maximum Gasteiger partial charge on any atom is 0.225 e. The number of carbonyl (C=O) groups is 1. The molecule has 5 heteroatoms. The first-order chi connectivity index (χ1) is 12.5. The number of benzene rings is 2. The van der Waals surface area contributed by atoms with E-state index in [1.165, 1.54) is 18.2 Å². The van der Waals surface area contributed by atoms with Crippen molar-refractivity contribution in [3.63, 3.8) is 0 Å². The number of likely N-dealkylation sites (tertiary alicyclic amines) is 1. The van der Waals surface area contributed by atoms with E-state index in [4.69, 9.17) is 0 Å². The van der Waals surface area contributed by atoms with Gasteiger partial charge in [0.15, 0.2) is 0 Å². The normalized spacial score (nSPS) is 28.0. The quantitative estimate of drug-likeness (QED) is 0.912. The highest BCUT2D eigenvalue weighted by atomic mass is 19.1. The Balaban J connectivity index is 1.39. The van der Waals surface area contributed by atoms with E-state index in [0.717, 1.165) is 5.56 Å². The zero-order valence-electron chi connectivity index (χ0n) is 14.4. The van der Waals surface area contributed by atoms with Gasteiger partial charge in [0.1, 0.15) is 17.2 Å². The standard InChI is InChI=1S/C21H21F2NO2/c22-17-5-3-4-14(12-17)15-10-16(11-15)20(25)24-9-8-21(26,13-24)18-6-1-2-7-19(18)23/h1-7,12,15-16,26H,8-11,13H2. The summed E-state index contributed by atoms with van der Waals surface area (Å²) in [4.78, 5) is 14.4. The third-order valence-electron chi connectivity index (χ3n) is 5.74. The number of amides is 1. The van der Waals surface area contributed by atoms with Crippen molar-refractivity contribution < 1.29 is 18.7 Å². The highest BCUT2D eigenvalue weighted by Crippen LogP contribution is 2.44. The number of hydrogen-bond donors (Lipinski definition) is 1. The minimum atomic E-state index is -1.33. The molecule has 0 bridgehead atoms. The summed E-state index contributed by atoms with van der Waals surface area (Å²) < 4.78 is 27.4. The largest absolute Gasteiger partial charge is 0.383 e.